The van der Waals surface area contributed by atoms with Crippen molar-refractivity contribution >= 4 is 22.5 Å². The maximum Gasteiger partial charge on any atom is 0.125 e. The van der Waals surface area contributed by atoms with Gasteiger partial charge in [-0.3, -0.25) is 0 Å². The zero-order chi connectivity index (χ0) is 11.0. The van der Waals surface area contributed by atoms with E-state index in [2.05, 4.69) is 31.0 Å². The van der Waals surface area contributed by atoms with Gasteiger partial charge >= 0.3 is 0 Å². The fourth-order valence-electron chi connectivity index (χ4n) is 1.65. The lowest BCUT2D eigenvalue weighted by Crippen LogP contribution is -1.86. The molecule has 2 aromatic rings. The van der Waals surface area contributed by atoms with Gasteiger partial charge in [0.05, 0.1) is 5.56 Å². The molecular formula is C12H11ClN2. The van der Waals surface area contributed by atoms with Gasteiger partial charge in [0.15, 0.2) is 0 Å². The summed E-state index contributed by atoms with van der Waals surface area (Å²) in [4.78, 5) is 2.99. The van der Waals surface area contributed by atoms with Crippen molar-refractivity contribution in [2.24, 2.45) is 0 Å². The Morgan fingerprint density at radius 2 is 2.13 bits per heavy atom. The van der Waals surface area contributed by atoms with Gasteiger partial charge in [-0.2, -0.15) is 5.26 Å². The molecule has 0 aliphatic carbocycles. The molecule has 0 unspecified atom stereocenters. The van der Waals surface area contributed by atoms with E-state index in [1.165, 1.54) is 5.56 Å². The van der Waals surface area contributed by atoms with Gasteiger partial charge in [0.1, 0.15) is 11.2 Å². The molecule has 0 atom stereocenters. The third-order valence-electron chi connectivity index (χ3n) is 2.56. The zero-order valence-electron chi connectivity index (χ0n) is 8.63. The molecule has 0 bridgehead atoms. The minimum absolute atomic E-state index is 0.424. The van der Waals surface area contributed by atoms with Crippen LogP contribution in [0.1, 0.15) is 30.9 Å². The number of benzene rings is 1. The summed E-state index contributed by atoms with van der Waals surface area (Å²) < 4.78 is 0. The largest absolute Gasteiger partial charge is 0.344 e. The number of H-pyrrole nitrogens is 1. The Morgan fingerprint density at radius 1 is 1.40 bits per heavy atom. The number of rotatable bonds is 1. The van der Waals surface area contributed by atoms with Crippen molar-refractivity contribution < 1.29 is 0 Å². The Kier molecular flexibility index (Phi) is 2.42. The molecule has 0 saturated heterocycles. The molecule has 2 nitrogen and oxygen atoms in total. The second-order valence-corrected chi connectivity index (χ2v) is 4.26. The van der Waals surface area contributed by atoms with Gasteiger partial charge in [-0.1, -0.05) is 31.5 Å². The highest BCUT2D eigenvalue weighted by molar-refractivity contribution is 6.32. The van der Waals surface area contributed by atoms with E-state index in [4.69, 9.17) is 16.9 Å². The van der Waals surface area contributed by atoms with Crippen LogP contribution in [0, 0.1) is 11.3 Å². The lowest BCUT2D eigenvalue weighted by molar-refractivity contribution is 0.869. The average Bonchev–Trinajstić information content (AvgIpc) is 2.51. The topological polar surface area (TPSA) is 39.6 Å². The number of aromatic amines is 1. The third-order valence-corrected chi connectivity index (χ3v) is 2.84. The van der Waals surface area contributed by atoms with Crippen molar-refractivity contribution in [3.05, 3.63) is 34.5 Å². The van der Waals surface area contributed by atoms with E-state index < -0.39 is 0 Å². The maximum absolute atomic E-state index is 8.98. The Balaban J connectivity index is 2.75. The number of fused-ring (bicyclic) bond motifs is 1. The van der Waals surface area contributed by atoms with Crippen LogP contribution in [0.5, 0.6) is 0 Å². The van der Waals surface area contributed by atoms with Crippen LogP contribution in [0.15, 0.2) is 18.2 Å². The fourth-order valence-corrected chi connectivity index (χ4v) is 1.89. The van der Waals surface area contributed by atoms with Crippen LogP contribution in [-0.2, 0) is 0 Å². The van der Waals surface area contributed by atoms with Crippen molar-refractivity contribution in [2.45, 2.75) is 19.8 Å². The highest BCUT2D eigenvalue weighted by atomic mass is 35.5. The van der Waals surface area contributed by atoms with E-state index >= 15 is 0 Å². The lowest BCUT2D eigenvalue weighted by atomic mass is 10.0. The van der Waals surface area contributed by atoms with Gasteiger partial charge in [-0.25, -0.2) is 0 Å². The number of nitrogens with zero attached hydrogens (tertiary/aromatic N) is 1. The standard InChI is InChI=1S/C12H11ClN2/c1-7(2)8-3-4-11-9(5-8)10(6-14)12(13)15-11/h3-5,7,15H,1-2H3. The Bertz CT molecular complexity index is 546. The highest BCUT2D eigenvalue weighted by Gasteiger charge is 2.10. The summed E-state index contributed by atoms with van der Waals surface area (Å²) in [6.45, 7) is 4.25. The van der Waals surface area contributed by atoms with Crippen LogP contribution < -0.4 is 0 Å². The van der Waals surface area contributed by atoms with Crippen molar-refractivity contribution in [1.29, 1.82) is 5.26 Å². The molecule has 76 valence electrons. The number of nitrogens with one attached hydrogen (secondary N) is 1. The summed E-state index contributed by atoms with van der Waals surface area (Å²) in [5, 5.41) is 10.3. The van der Waals surface area contributed by atoms with E-state index in [1.807, 2.05) is 12.1 Å². The molecule has 1 aromatic heterocycles. The van der Waals surface area contributed by atoms with Gasteiger partial charge < -0.3 is 4.98 Å². The fraction of sp³-hybridized carbons (Fsp3) is 0.250. The first-order chi connectivity index (χ1) is 7.13. The molecule has 3 heteroatoms. The Morgan fingerprint density at radius 3 is 2.73 bits per heavy atom. The summed E-state index contributed by atoms with van der Waals surface area (Å²) >= 11 is 5.92. The first-order valence-electron chi connectivity index (χ1n) is 4.84. The lowest BCUT2D eigenvalue weighted by Gasteiger charge is -2.04. The molecule has 0 saturated carbocycles. The summed E-state index contributed by atoms with van der Waals surface area (Å²) in [6.07, 6.45) is 0. The molecule has 1 aromatic carbocycles. The van der Waals surface area contributed by atoms with Crippen LogP contribution >= 0.6 is 11.6 Å². The average molecular weight is 219 g/mol. The van der Waals surface area contributed by atoms with E-state index in [1.54, 1.807) is 0 Å². The number of hydrogen-bond acceptors (Lipinski definition) is 1. The van der Waals surface area contributed by atoms with E-state index in [9.17, 15) is 0 Å². The van der Waals surface area contributed by atoms with Gasteiger partial charge in [0.25, 0.3) is 0 Å². The van der Waals surface area contributed by atoms with E-state index in [0.29, 0.717) is 16.6 Å². The molecule has 0 fully saturated rings. The van der Waals surface area contributed by atoms with Crippen LogP contribution in [0.4, 0.5) is 0 Å². The zero-order valence-corrected chi connectivity index (χ0v) is 9.39. The molecule has 0 aliphatic rings. The first kappa shape index (κ1) is 10.1. The number of nitriles is 1. The SMILES string of the molecule is CC(C)c1ccc2[nH]c(Cl)c(C#N)c2c1. The summed E-state index contributed by atoms with van der Waals surface area (Å²) in [7, 11) is 0. The number of aromatic nitrogens is 1. The van der Waals surface area contributed by atoms with Gasteiger partial charge in [0.2, 0.25) is 0 Å². The second kappa shape index (κ2) is 3.60. The van der Waals surface area contributed by atoms with Gasteiger partial charge in [-0.15, -0.1) is 0 Å². The number of halogens is 1. The maximum atomic E-state index is 8.98. The van der Waals surface area contributed by atoms with Crippen molar-refractivity contribution in [2.75, 3.05) is 0 Å². The van der Waals surface area contributed by atoms with Crippen LogP contribution in [-0.4, -0.2) is 4.98 Å². The smallest absolute Gasteiger partial charge is 0.125 e. The second-order valence-electron chi connectivity index (χ2n) is 3.89. The first-order valence-corrected chi connectivity index (χ1v) is 5.22. The van der Waals surface area contributed by atoms with Gasteiger partial charge in [0, 0.05) is 10.9 Å². The molecular weight excluding hydrogens is 208 g/mol. The van der Waals surface area contributed by atoms with E-state index in [-0.39, 0.29) is 0 Å². The summed E-state index contributed by atoms with van der Waals surface area (Å²) in [5.74, 6) is 0.453. The molecule has 1 heterocycles. The minimum Gasteiger partial charge on any atom is -0.344 e. The van der Waals surface area contributed by atoms with Crippen LogP contribution in [0.3, 0.4) is 0 Å². The summed E-state index contributed by atoms with van der Waals surface area (Å²) in [5.41, 5.74) is 2.67. The molecule has 2 rings (SSSR count). The van der Waals surface area contributed by atoms with Crippen LogP contribution in [0.25, 0.3) is 10.9 Å². The molecule has 15 heavy (non-hydrogen) atoms. The van der Waals surface area contributed by atoms with Crippen molar-refractivity contribution in [3.63, 3.8) is 0 Å². The monoisotopic (exact) mass is 218 g/mol. The van der Waals surface area contributed by atoms with Crippen molar-refractivity contribution in [1.82, 2.24) is 4.98 Å². The van der Waals surface area contributed by atoms with E-state index in [0.717, 1.165) is 10.9 Å². The molecule has 0 aliphatic heterocycles. The third kappa shape index (κ3) is 1.60. The quantitative estimate of drug-likeness (QED) is 0.777. The molecule has 0 spiro atoms. The summed E-state index contributed by atoms with van der Waals surface area (Å²) in [6, 6.07) is 8.18. The minimum atomic E-state index is 0.424. The Labute approximate surface area is 93.5 Å². The Hall–Kier alpha value is -1.46. The van der Waals surface area contributed by atoms with Crippen molar-refractivity contribution in [3.8, 4) is 6.07 Å². The highest BCUT2D eigenvalue weighted by Crippen LogP contribution is 2.28. The normalized spacial score (nSPS) is 10.9. The predicted molar refractivity (Wildman–Crippen MR) is 62.1 cm³/mol. The molecule has 1 N–H and O–H groups in total. The molecule has 0 amide bonds. The van der Waals surface area contributed by atoms with Crippen LogP contribution in [0.2, 0.25) is 5.15 Å². The van der Waals surface area contributed by atoms with Gasteiger partial charge in [-0.05, 0) is 23.6 Å². The number of hydrogen-bond donors (Lipinski definition) is 1. The molecule has 0 radical (unpaired) electrons. The predicted octanol–water partition coefficient (Wildman–Crippen LogP) is 3.82.